The topological polar surface area (TPSA) is 34.1 Å². The summed E-state index contributed by atoms with van der Waals surface area (Å²) in [4.78, 5) is 6.24. The van der Waals surface area contributed by atoms with Crippen LogP contribution in [0.25, 0.3) is 0 Å². The highest BCUT2D eigenvalue weighted by Crippen LogP contribution is 2.33. The van der Waals surface area contributed by atoms with E-state index < -0.39 is 0 Å². The first-order chi connectivity index (χ1) is 7.69. The highest BCUT2D eigenvalue weighted by atomic mass is 32.1. The first-order valence-electron chi connectivity index (χ1n) is 5.95. The van der Waals surface area contributed by atoms with E-state index in [0.717, 1.165) is 13.0 Å². The molecule has 90 valence electrons. The van der Waals surface area contributed by atoms with E-state index in [1.54, 1.807) is 0 Å². The summed E-state index contributed by atoms with van der Waals surface area (Å²) in [5.41, 5.74) is 1.18. The normalized spacial score (nSPS) is 18.4. The lowest BCUT2D eigenvalue weighted by Crippen LogP contribution is -2.41. The zero-order valence-corrected chi connectivity index (χ0v) is 11.1. The van der Waals surface area contributed by atoms with Crippen molar-refractivity contribution in [1.82, 2.24) is 10.3 Å². The van der Waals surface area contributed by atoms with Crippen molar-refractivity contribution in [2.24, 2.45) is 0 Å². The monoisotopic (exact) mass is 240 g/mol. The highest BCUT2D eigenvalue weighted by Gasteiger charge is 2.30. The molecule has 16 heavy (non-hydrogen) atoms. The van der Waals surface area contributed by atoms with E-state index in [9.17, 15) is 0 Å². The maximum atomic E-state index is 5.55. The van der Waals surface area contributed by atoms with Crippen molar-refractivity contribution < 1.29 is 4.74 Å². The minimum absolute atomic E-state index is 0.134. The van der Waals surface area contributed by atoms with Gasteiger partial charge in [0.2, 0.25) is 0 Å². The number of thiazole rings is 1. The van der Waals surface area contributed by atoms with Gasteiger partial charge in [-0.15, -0.1) is 11.3 Å². The standard InChI is InChI=1S/C12H20N2OS/c1-4-15-8-12(2,13-3)11-14-9-6-5-7-10(9)16-11/h13H,4-8H2,1-3H3. The fourth-order valence-electron chi connectivity index (χ4n) is 1.97. The summed E-state index contributed by atoms with van der Waals surface area (Å²) in [5.74, 6) is 0. The average Bonchev–Trinajstić information content (AvgIpc) is 2.86. The van der Waals surface area contributed by atoms with Crippen LogP contribution >= 0.6 is 11.3 Å². The summed E-state index contributed by atoms with van der Waals surface area (Å²) in [6, 6.07) is 0. The number of nitrogens with zero attached hydrogens (tertiary/aromatic N) is 1. The van der Waals surface area contributed by atoms with Gasteiger partial charge in [-0.2, -0.15) is 0 Å². The van der Waals surface area contributed by atoms with Crippen molar-refractivity contribution >= 4 is 11.3 Å². The van der Waals surface area contributed by atoms with Crippen molar-refractivity contribution in [2.45, 2.75) is 38.6 Å². The van der Waals surface area contributed by atoms with Crippen LogP contribution < -0.4 is 5.32 Å². The molecule has 1 aromatic rings. The Balaban J connectivity index is 2.19. The second-order valence-electron chi connectivity index (χ2n) is 4.46. The van der Waals surface area contributed by atoms with E-state index in [0.29, 0.717) is 6.61 Å². The summed E-state index contributed by atoms with van der Waals surface area (Å²) < 4.78 is 5.55. The maximum Gasteiger partial charge on any atom is 0.115 e. The molecule has 0 bridgehead atoms. The fourth-order valence-corrected chi connectivity index (χ4v) is 3.26. The Morgan fingerprint density at radius 2 is 2.31 bits per heavy atom. The maximum absolute atomic E-state index is 5.55. The van der Waals surface area contributed by atoms with Crippen molar-refractivity contribution in [3.05, 3.63) is 15.6 Å². The van der Waals surface area contributed by atoms with E-state index in [1.165, 1.54) is 28.4 Å². The number of rotatable bonds is 5. The summed E-state index contributed by atoms with van der Waals surface area (Å²) in [6.45, 7) is 5.63. The molecule has 1 aliphatic carbocycles. The number of aromatic nitrogens is 1. The largest absolute Gasteiger partial charge is 0.379 e. The van der Waals surface area contributed by atoms with Crippen molar-refractivity contribution in [3.8, 4) is 0 Å². The van der Waals surface area contributed by atoms with Crippen LogP contribution in [0, 0.1) is 0 Å². The van der Waals surface area contributed by atoms with Crippen LogP contribution in [0.4, 0.5) is 0 Å². The Kier molecular flexibility index (Phi) is 3.62. The Labute approximate surface area is 101 Å². The lowest BCUT2D eigenvalue weighted by atomic mass is 10.1. The molecule has 1 atom stereocenters. The molecule has 1 N–H and O–H groups in total. The van der Waals surface area contributed by atoms with E-state index in [1.807, 2.05) is 25.3 Å². The number of hydrogen-bond donors (Lipinski definition) is 1. The van der Waals surface area contributed by atoms with Crippen molar-refractivity contribution in [1.29, 1.82) is 0 Å². The molecule has 3 nitrogen and oxygen atoms in total. The third-order valence-corrected chi connectivity index (χ3v) is 4.64. The molecule has 1 aliphatic rings. The van der Waals surface area contributed by atoms with Gasteiger partial charge in [-0.25, -0.2) is 4.98 Å². The molecule has 1 aromatic heterocycles. The molecular weight excluding hydrogens is 220 g/mol. The average molecular weight is 240 g/mol. The lowest BCUT2D eigenvalue weighted by Gasteiger charge is -2.26. The summed E-state index contributed by atoms with van der Waals surface area (Å²) in [7, 11) is 1.98. The number of fused-ring (bicyclic) bond motifs is 1. The first kappa shape index (κ1) is 12.0. The van der Waals surface area contributed by atoms with Crippen LogP contribution in [0.3, 0.4) is 0 Å². The molecule has 4 heteroatoms. The van der Waals surface area contributed by atoms with Gasteiger partial charge in [-0.1, -0.05) is 0 Å². The number of likely N-dealkylation sites (N-methyl/N-ethyl adjacent to an activating group) is 1. The molecule has 0 spiro atoms. The van der Waals surface area contributed by atoms with Crippen LogP contribution in [0.5, 0.6) is 0 Å². The molecule has 0 aliphatic heterocycles. The molecule has 0 fully saturated rings. The van der Waals surface area contributed by atoms with Crippen LogP contribution in [-0.2, 0) is 23.1 Å². The van der Waals surface area contributed by atoms with Gasteiger partial charge in [-0.05, 0) is 40.2 Å². The highest BCUT2D eigenvalue weighted by molar-refractivity contribution is 7.12. The third kappa shape index (κ3) is 2.14. The molecule has 0 amide bonds. The van der Waals surface area contributed by atoms with Crippen LogP contribution in [0.1, 0.15) is 35.8 Å². The van der Waals surface area contributed by atoms with Crippen molar-refractivity contribution in [2.75, 3.05) is 20.3 Å². The summed E-state index contributed by atoms with van der Waals surface area (Å²) in [5, 5.41) is 4.52. The molecule has 1 heterocycles. The molecule has 1 unspecified atom stereocenters. The smallest absolute Gasteiger partial charge is 0.115 e. The number of ether oxygens (including phenoxy) is 1. The van der Waals surface area contributed by atoms with Gasteiger partial charge in [-0.3, -0.25) is 0 Å². The Morgan fingerprint density at radius 1 is 1.50 bits per heavy atom. The third-order valence-electron chi connectivity index (χ3n) is 3.21. The van der Waals surface area contributed by atoms with E-state index in [4.69, 9.17) is 9.72 Å². The first-order valence-corrected chi connectivity index (χ1v) is 6.77. The Hall–Kier alpha value is -0.450. The van der Waals surface area contributed by atoms with Crippen LogP contribution in [-0.4, -0.2) is 25.2 Å². The zero-order valence-electron chi connectivity index (χ0n) is 10.3. The number of aryl methyl sites for hydroxylation is 2. The lowest BCUT2D eigenvalue weighted by molar-refractivity contribution is 0.0868. The minimum atomic E-state index is -0.134. The summed E-state index contributed by atoms with van der Waals surface area (Å²) in [6.07, 6.45) is 3.64. The summed E-state index contributed by atoms with van der Waals surface area (Å²) >= 11 is 1.85. The van der Waals surface area contributed by atoms with Crippen LogP contribution in [0.2, 0.25) is 0 Å². The zero-order chi connectivity index (χ0) is 11.6. The molecule has 0 aromatic carbocycles. The predicted octanol–water partition coefficient (Wildman–Crippen LogP) is 2.10. The van der Waals surface area contributed by atoms with Gasteiger partial charge < -0.3 is 10.1 Å². The van der Waals surface area contributed by atoms with Gasteiger partial charge in [0.25, 0.3) is 0 Å². The van der Waals surface area contributed by atoms with Gasteiger partial charge in [0.05, 0.1) is 17.8 Å². The van der Waals surface area contributed by atoms with Crippen molar-refractivity contribution in [3.63, 3.8) is 0 Å². The Bertz CT molecular complexity index is 342. The quantitative estimate of drug-likeness (QED) is 0.856. The predicted molar refractivity (Wildman–Crippen MR) is 67.0 cm³/mol. The van der Waals surface area contributed by atoms with Gasteiger partial charge in [0.1, 0.15) is 5.01 Å². The van der Waals surface area contributed by atoms with E-state index in [-0.39, 0.29) is 5.54 Å². The second-order valence-corrected chi connectivity index (χ2v) is 5.55. The molecule has 2 rings (SSSR count). The SMILES string of the molecule is CCOCC(C)(NC)c1nc2c(s1)CCC2. The second kappa shape index (κ2) is 4.82. The fraction of sp³-hybridized carbons (Fsp3) is 0.750. The number of nitrogens with one attached hydrogen (secondary N) is 1. The number of hydrogen-bond acceptors (Lipinski definition) is 4. The minimum Gasteiger partial charge on any atom is -0.379 e. The van der Waals surface area contributed by atoms with E-state index in [2.05, 4.69) is 12.2 Å². The van der Waals surface area contributed by atoms with Crippen LogP contribution in [0.15, 0.2) is 0 Å². The van der Waals surface area contributed by atoms with Gasteiger partial charge >= 0.3 is 0 Å². The molecular formula is C12H20N2OS. The molecule has 0 radical (unpaired) electrons. The molecule has 0 saturated carbocycles. The van der Waals surface area contributed by atoms with E-state index >= 15 is 0 Å². The van der Waals surface area contributed by atoms with Gasteiger partial charge in [0, 0.05) is 11.5 Å². The van der Waals surface area contributed by atoms with Gasteiger partial charge in [0.15, 0.2) is 0 Å². The molecule has 0 saturated heterocycles. The Morgan fingerprint density at radius 3 is 2.94 bits per heavy atom.